The number of rotatable bonds is 7. The first-order valence-corrected chi connectivity index (χ1v) is 7.82. The molecular weight excluding hydrogens is 240 g/mol. The van der Waals surface area contributed by atoms with Crippen LogP contribution in [0.25, 0.3) is 0 Å². The van der Waals surface area contributed by atoms with Crippen molar-refractivity contribution in [2.75, 3.05) is 26.4 Å². The molecule has 0 aromatic heterocycles. The van der Waals surface area contributed by atoms with Crippen molar-refractivity contribution >= 4 is 11.8 Å². The summed E-state index contributed by atoms with van der Waals surface area (Å²) in [6.07, 6.45) is 2.71. The Bertz CT molecular complexity index is 357. The predicted octanol–water partition coefficient (Wildman–Crippen LogP) is 3.15. The summed E-state index contributed by atoms with van der Waals surface area (Å²) in [6, 6.07) is 10.3. The van der Waals surface area contributed by atoms with E-state index in [0.717, 1.165) is 18.3 Å². The predicted molar refractivity (Wildman–Crippen MR) is 80.3 cm³/mol. The van der Waals surface area contributed by atoms with E-state index in [4.69, 9.17) is 0 Å². The molecule has 100 valence electrons. The lowest BCUT2D eigenvalue weighted by Gasteiger charge is -2.25. The minimum atomic E-state index is 0.478. The summed E-state index contributed by atoms with van der Waals surface area (Å²) in [5.41, 5.74) is 1.41. The van der Waals surface area contributed by atoms with Crippen molar-refractivity contribution < 1.29 is 0 Å². The molecule has 1 atom stereocenters. The minimum Gasteiger partial charge on any atom is -0.312 e. The molecular formula is C15H24N2S. The van der Waals surface area contributed by atoms with E-state index in [1.54, 1.807) is 0 Å². The van der Waals surface area contributed by atoms with Crippen LogP contribution in [0, 0.1) is 0 Å². The van der Waals surface area contributed by atoms with Crippen LogP contribution in [-0.2, 0) is 0 Å². The van der Waals surface area contributed by atoms with Crippen LogP contribution in [0.15, 0.2) is 29.2 Å². The highest BCUT2D eigenvalue weighted by Gasteiger charge is 2.23. The summed E-state index contributed by atoms with van der Waals surface area (Å²) < 4.78 is 0. The smallest absolute Gasteiger partial charge is 0.0466 e. The maximum Gasteiger partial charge on any atom is 0.0466 e. The van der Waals surface area contributed by atoms with E-state index in [9.17, 15) is 0 Å². The molecule has 0 radical (unpaired) electrons. The molecule has 1 saturated carbocycles. The van der Waals surface area contributed by atoms with Gasteiger partial charge >= 0.3 is 0 Å². The highest BCUT2D eigenvalue weighted by molar-refractivity contribution is 7.99. The van der Waals surface area contributed by atoms with Gasteiger partial charge in [-0.15, -0.1) is 11.8 Å². The number of benzene rings is 1. The molecule has 1 N–H and O–H groups in total. The molecule has 1 unspecified atom stereocenters. The van der Waals surface area contributed by atoms with Crippen molar-refractivity contribution in [3.05, 3.63) is 29.8 Å². The number of thioether (sulfide) groups is 1. The van der Waals surface area contributed by atoms with E-state index in [0.29, 0.717) is 6.04 Å². The fourth-order valence-electron chi connectivity index (χ4n) is 2.12. The van der Waals surface area contributed by atoms with Gasteiger partial charge in [0.1, 0.15) is 0 Å². The quantitative estimate of drug-likeness (QED) is 0.762. The number of nitrogens with one attached hydrogen (secondary N) is 1. The van der Waals surface area contributed by atoms with Gasteiger partial charge in [-0.25, -0.2) is 0 Å². The zero-order valence-electron chi connectivity index (χ0n) is 11.6. The van der Waals surface area contributed by atoms with E-state index in [1.807, 2.05) is 11.8 Å². The van der Waals surface area contributed by atoms with Crippen LogP contribution < -0.4 is 5.32 Å². The lowest BCUT2D eigenvalue weighted by Crippen LogP contribution is -2.32. The Balaban J connectivity index is 1.99. The Kier molecular flexibility index (Phi) is 5.10. The topological polar surface area (TPSA) is 15.3 Å². The third kappa shape index (κ3) is 4.01. The van der Waals surface area contributed by atoms with Gasteiger partial charge in [-0.1, -0.05) is 19.1 Å². The molecule has 18 heavy (non-hydrogen) atoms. The maximum atomic E-state index is 3.63. The molecule has 2 nitrogen and oxygen atoms in total. The zero-order chi connectivity index (χ0) is 13.0. The second kappa shape index (κ2) is 6.60. The minimum absolute atomic E-state index is 0.478. The fraction of sp³-hybridized carbons (Fsp3) is 0.600. The summed E-state index contributed by atoms with van der Waals surface area (Å²) >= 11 is 1.90. The molecule has 1 aliphatic carbocycles. The first-order chi connectivity index (χ1) is 8.70. The molecule has 0 amide bonds. The van der Waals surface area contributed by atoms with Crippen LogP contribution in [0.3, 0.4) is 0 Å². The molecule has 1 aromatic rings. The van der Waals surface area contributed by atoms with Crippen molar-refractivity contribution in [1.82, 2.24) is 10.2 Å². The largest absolute Gasteiger partial charge is 0.312 e. The normalized spacial score (nSPS) is 17.1. The average Bonchev–Trinajstić information content (AvgIpc) is 3.15. The van der Waals surface area contributed by atoms with Gasteiger partial charge in [0.15, 0.2) is 0 Å². The summed E-state index contributed by atoms with van der Waals surface area (Å²) in [5, 5.41) is 3.63. The Labute approximate surface area is 115 Å². The number of hydrogen-bond donors (Lipinski definition) is 1. The van der Waals surface area contributed by atoms with E-state index in [2.05, 4.69) is 55.5 Å². The van der Waals surface area contributed by atoms with Crippen LogP contribution in [0.2, 0.25) is 0 Å². The third-order valence-electron chi connectivity index (χ3n) is 3.38. The van der Waals surface area contributed by atoms with Crippen LogP contribution in [0.4, 0.5) is 0 Å². The van der Waals surface area contributed by atoms with E-state index >= 15 is 0 Å². The monoisotopic (exact) mass is 264 g/mol. The molecule has 3 heteroatoms. The molecule has 0 bridgehead atoms. The number of likely N-dealkylation sites (N-methyl/N-ethyl adjacent to an activating group) is 1. The third-order valence-corrected chi connectivity index (χ3v) is 4.27. The van der Waals surface area contributed by atoms with Gasteiger partial charge in [0.05, 0.1) is 0 Å². The Morgan fingerprint density at radius 1 is 1.28 bits per heavy atom. The van der Waals surface area contributed by atoms with Crippen LogP contribution in [-0.4, -0.2) is 37.3 Å². The van der Waals surface area contributed by atoms with Gasteiger partial charge in [-0.3, -0.25) is 0 Å². The van der Waals surface area contributed by atoms with Crippen LogP contribution in [0.1, 0.15) is 31.4 Å². The lowest BCUT2D eigenvalue weighted by atomic mass is 10.1. The maximum absolute atomic E-state index is 3.63. The number of nitrogens with zero attached hydrogens (tertiary/aromatic N) is 1. The SMILES string of the molecule is CCSc1ccc(C(CNC2CC2)N(C)C)cc1. The van der Waals surface area contributed by atoms with Crippen LogP contribution >= 0.6 is 11.8 Å². The zero-order valence-corrected chi connectivity index (χ0v) is 12.5. The van der Waals surface area contributed by atoms with Gasteiger partial charge in [0.2, 0.25) is 0 Å². The molecule has 0 heterocycles. The molecule has 0 aliphatic heterocycles. The summed E-state index contributed by atoms with van der Waals surface area (Å²) in [7, 11) is 4.32. The van der Waals surface area contributed by atoms with Crippen molar-refractivity contribution in [3.63, 3.8) is 0 Å². The molecule has 0 spiro atoms. The standard InChI is InChI=1S/C15H24N2S/c1-4-18-14-9-5-12(6-10-14)15(17(2)3)11-16-13-7-8-13/h5-6,9-10,13,15-16H,4,7-8,11H2,1-3H3. The lowest BCUT2D eigenvalue weighted by molar-refractivity contribution is 0.288. The fourth-order valence-corrected chi connectivity index (χ4v) is 2.78. The van der Waals surface area contributed by atoms with E-state index in [-0.39, 0.29) is 0 Å². The van der Waals surface area contributed by atoms with Gasteiger partial charge in [0, 0.05) is 23.5 Å². The number of hydrogen-bond acceptors (Lipinski definition) is 3. The second-order valence-electron chi connectivity index (χ2n) is 5.16. The van der Waals surface area contributed by atoms with Crippen molar-refractivity contribution in [2.45, 2.75) is 36.7 Å². The van der Waals surface area contributed by atoms with Gasteiger partial charge in [0.25, 0.3) is 0 Å². The van der Waals surface area contributed by atoms with Crippen LogP contribution in [0.5, 0.6) is 0 Å². The van der Waals surface area contributed by atoms with Gasteiger partial charge in [-0.05, 0) is 50.4 Å². The van der Waals surface area contributed by atoms with Gasteiger partial charge in [-0.2, -0.15) is 0 Å². The van der Waals surface area contributed by atoms with Crippen molar-refractivity contribution in [1.29, 1.82) is 0 Å². The first kappa shape index (κ1) is 13.9. The summed E-state index contributed by atoms with van der Waals surface area (Å²) in [6.45, 7) is 3.25. The summed E-state index contributed by atoms with van der Waals surface area (Å²) in [5.74, 6) is 1.14. The average molecular weight is 264 g/mol. The first-order valence-electron chi connectivity index (χ1n) is 6.83. The molecule has 2 rings (SSSR count). The van der Waals surface area contributed by atoms with E-state index < -0.39 is 0 Å². The molecule has 1 aliphatic rings. The molecule has 1 fully saturated rings. The van der Waals surface area contributed by atoms with Crippen molar-refractivity contribution in [2.24, 2.45) is 0 Å². The Morgan fingerprint density at radius 3 is 2.44 bits per heavy atom. The van der Waals surface area contributed by atoms with E-state index in [1.165, 1.54) is 23.3 Å². The second-order valence-corrected chi connectivity index (χ2v) is 6.50. The molecule has 0 saturated heterocycles. The Hall–Kier alpha value is -0.510. The molecule has 1 aromatic carbocycles. The highest BCUT2D eigenvalue weighted by atomic mass is 32.2. The highest BCUT2D eigenvalue weighted by Crippen LogP contribution is 2.24. The van der Waals surface area contributed by atoms with Crippen molar-refractivity contribution in [3.8, 4) is 0 Å². The summed E-state index contributed by atoms with van der Waals surface area (Å²) in [4.78, 5) is 3.67. The van der Waals surface area contributed by atoms with Gasteiger partial charge < -0.3 is 10.2 Å². The Morgan fingerprint density at radius 2 is 1.94 bits per heavy atom.